The lowest BCUT2D eigenvalue weighted by Gasteiger charge is -2.10. The Bertz CT molecular complexity index is 784. The highest BCUT2D eigenvalue weighted by molar-refractivity contribution is 5.95. The van der Waals surface area contributed by atoms with Gasteiger partial charge in [0.2, 0.25) is 5.91 Å². The van der Waals surface area contributed by atoms with Gasteiger partial charge in [-0.3, -0.25) is 14.9 Å². The number of benzene rings is 2. The fourth-order valence-corrected chi connectivity index (χ4v) is 2.03. The predicted octanol–water partition coefficient (Wildman–Crippen LogP) is 3.26. The Morgan fingerprint density at radius 3 is 2.42 bits per heavy atom. The van der Waals surface area contributed by atoms with E-state index in [1.807, 2.05) is 0 Å². The van der Waals surface area contributed by atoms with Crippen LogP contribution in [-0.4, -0.2) is 31.1 Å². The van der Waals surface area contributed by atoms with E-state index in [-0.39, 0.29) is 23.7 Å². The number of ether oxygens (including phenoxy) is 2. The van der Waals surface area contributed by atoms with Crippen molar-refractivity contribution in [1.82, 2.24) is 0 Å². The predicted molar refractivity (Wildman–Crippen MR) is 89.8 cm³/mol. The van der Waals surface area contributed by atoms with Gasteiger partial charge in [-0.05, 0) is 36.4 Å². The first-order valence-electron chi connectivity index (χ1n) is 7.30. The third kappa shape index (κ3) is 5.30. The van der Waals surface area contributed by atoms with E-state index >= 15 is 0 Å². The van der Waals surface area contributed by atoms with Gasteiger partial charge in [-0.1, -0.05) is 0 Å². The summed E-state index contributed by atoms with van der Waals surface area (Å²) in [7, 11) is 1.37. The van der Waals surface area contributed by atoms with Crippen LogP contribution in [0, 0.1) is 10.1 Å². The van der Waals surface area contributed by atoms with Crippen molar-refractivity contribution in [3.8, 4) is 11.5 Å². The van der Waals surface area contributed by atoms with Crippen molar-refractivity contribution in [2.24, 2.45) is 0 Å². The highest BCUT2D eigenvalue weighted by atomic mass is 19.3. The van der Waals surface area contributed by atoms with Crippen LogP contribution >= 0.6 is 0 Å². The zero-order chi connectivity index (χ0) is 19.1. The number of nitro benzene ring substituents is 1. The Hall–Kier alpha value is -3.43. The number of hydrogen-bond donors (Lipinski definition) is 2. The summed E-state index contributed by atoms with van der Waals surface area (Å²) in [5.74, 6) is -0.242. The zero-order valence-corrected chi connectivity index (χ0v) is 13.6. The topological polar surface area (TPSA) is 103 Å². The number of amides is 1. The fraction of sp³-hybridized carbons (Fsp3) is 0.188. The van der Waals surface area contributed by atoms with Gasteiger partial charge in [0, 0.05) is 5.69 Å². The molecule has 0 aliphatic carbocycles. The minimum Gasteiger partial charge on any atom is -0.496 e. The van der Waals surface area contributed by atoms with Gasteiger partial charge in [0.1, 0.15) is 17.2 Å². The van der Waals surface area contributed by atoms with E-state index in [0.717, 1.165) is 0 Å². The molecule has 0 spiro atoms. The molecule has 0 aromatic heterocycles. The zero-order valence-electron chi connectivity index (χ0n) is 13.6. The van der Waals surface area contributed by atoms with Gasteiger partial charge in [0.25, 0.3) is 5.69 Å². The molecule has 0 radical (unpaired) electrons. The van der Waals surface area contributed by atoms with Gasteiger partial charge in [-0.15, -0.1) is 0 Å². The molecule has 0 saturated carbocycles. The second-order valence-electron chi connectivity index (χ2n) is 4.94. The lowest BCUT2D eigenvalue weighted by atomic mass is 10.2. The lowest BCUT2D eigenvalue weighted by Crippen LogP contribution is -2.22. The third-order valence-electron chi connectivity index (χ3n) is 3.21. The average molecular weight is 367 g/mol. The number of hydrogen-bond acceptors (Lipinski definition) is 6. The number of carbonyl (C=O) groups is 1. The van der Waals surface area contributed by atoms with Gasteiger partial charge in [0.15, 0.2) is 0 Å². The van der Waals surface area contributed by atoms with E-state index in [4.69, 9.17) is 4.74 Å². The molecule has 2 aromatic carbocycles. The first-order chi connectivity index (χ1) is 12.4. The number of nitro groups is 1. The molecular formula is C16H15F2N3O5. The lowest BCUT2D eigenvalue weighted by molar-refractivity contribution is -0.384. The molecule has 2 rings (SSSR count). The van der Waals surface area contributed by atoms with Crippen LogP contribution in [0.1, 0.15) is 0 Å². The molecule has 26 heavy (non-hydrogen) atoms. The quantitative estimate of drug-likeness (QED) is 0.548. The van der Waals surface area contributed by atoms with Crippen LogP contribution in [0.5, 0.6) is 11.5 Å². The number of nitrogens with one attached hydrogen (secondary N) is 2. The van der Waals surface area contributed by atoms with Gasteiger partial charge < -0.3 is 20.1 Å². The minimum atomic E-state index is -2.92. The highest BCUT2D eigenvalue weighted by Gasteiger charge is 2.17. The second kappa shape index (κ2) is 8.60. The Labute approximate surface area is 146 Å². The average Bonchev–Trinajstić information content (AvgIpc) is 2.61. The number of anilines is 2. The van der Waals surface area contributed by atoms with Crippen LogP contribution in [-0.2, 0) is 4.79 Å². The third-order valence-corrected chi connectivity index (χ3v) is 3.21. The standard InChI is InChI=1S/C16H15F2N3O5/c1-25-12-6-7-13(14(8-12)21(23)24)20-15(22)9-19-10-2-4-11(5-3-10)26-16(17)18/h2-8,16,19H,9H2,1H3,(H,20,22). The molecule has 0 bridgehead atoms. The SMILES string of the molecule is COc1ccc(NC(=O)CNc2ccc(OC(F)F)cc2)c([N+](=O)[O-])c1. The monoisotopic (exact) mass is 367 g/mol. The number of alkyl halides is 2. The smallest absolute Gasteiger partial charge is 0.387 e. The molecule has 2 N–H and O–H groups in total. The largest absolute Gasteiger partial charge is 0.496 e. The Kier molecular flexibility index (Phi) is 6.25. The van der Waals surface area contributed by atoms with Crippen molar-refractivity contribution in [3.63, 3.8) is 0 Å². The molecule has 10 heteroatoms. The van der Waals surface area contributed by atoms with E-state index in [1.54, 1.807) is 0 Å². The van der Waals surface area contributed by atoms with Crippen molar-refractivity contribution in [1.29, 1.82) is 0 Å². The summed E-state index contributed by atoms with van der Waals surface area (Å²) >= 11 is 0. The molecule has 1 amide bonds. The van der Waals surface area contributed by atoms with Crippen LogP contribution in [0.4, 0.5) is 25.8 Å². The van der Waals surface area contributed by atoms with Crippen LogP contribution in [0.15, 0.2) is 42.5 Å². The molecule has 0 heterocycles. The van der Waals surface area contributed by atoms with E-state index in [2.05, 4.69) is 15.4 Å². The van der Waals surface area contributed by atoms with E-state index in [1.165, 1.54) is 49.6 Å². The molecule has 0 unspecified atom stereocenters. The number of carbonyl (C=O) groups excluding carboxylic acids is 1. The number of rotatable bonds is 8. The van der Waals surface area contributed by atoms with E-state index < -0.39 is 17.4 Å². The minimum absolute atomic E-state index is 0.0103. The van der Waals surface area contributed by atoms with Crippen molar-refractivity contribution in [2.45, 2.75) is 6.61 Å². The Balaban J connectivity index is 1.96. The number of nitrogens with zero attached hydrogens (tertiary/aromatic N) is 1. The normalized spacial score (nSPS) is 10.3. The molecule has 0 atom stereocenters. The summed E-state index contributed by atoms with van der Waals surface area (Å²) in [4.78, 5) is 22.4. The maximum absolute atomic E-state index is 12.1. The van der Waals surface area contributed by atoms with Gasteiger partial charge in [0.05, 0.1) is 24.6 Å². The number of halogens is 2. The first-order valence-corrected chi connectivity index (χ1v) is 7.30. The molecule has 0 aliphatic heterocycles. The summed E-state index contributed by atoms with van der Waals surface area (Å²) in [6.07, 6.45) is 0. The van der Waals surface area contributed by atoms with Crippen molar-refractivity contribution in [2.75, 3.05) is 24.3 Å². The molecule has 138 valence electrons. The summed E-state index contributed by atoms with van der Waals surface area (Å²) in [5, 5.41) is 16.3. The van der Waals surface area contributed by atoms with Gasteiger partial charge >= 0.3 is 6.61 Å². The Morgan fingerprint density at radius 2 is 1.85 bits per heavy atom. The van der Waals surface area contributed by atoms with Gasteiger partial charge in [-0.2, -0.15) is 8.78 Å². The van der Waals surface area contributed by atoms with Crippen LogP contribution in [0.25, 0.3) is 0 Å². The van der Waals surface area contributed by atoms with Gasteiger partial charge in [-0.25, -0.2) is 0 Å². The van der Waals surface area contributed by atoms with Crippen molar-refractivity contribution >= 4 is 23.0 Å². The van der Waals surface area contributed by atoms with Crippen molar-refractivity contribution in [3.05, 3.63) is 52.6 Å². The summed E-state index contributed by atoms with van der Waals surface area (Å²) in [6.45, 7) is -3.10. The first kappa shape index (κ1) is 18.9. The fourth-order valence-electron chi connectivity index (χ4n) is 2.03. The highest BCUT2D eigenvalue weighted by Crippen LogP contribution is 2.28. The summed E-state index contributed by atoms with van der Waals surface area (Å²) in [6, 6.07) is 9.61. The maximum atomic E-state index is 12.1. The number of methoxy groups -OCH3 is 1. The molecule has 0 saturated heterocycles. The Morgan fingerprint density at radius 1 is 1.19 bits per heavy atom. The van der Waals surface area contributed by atoms with Crippen LogP contribution < -0.4 is 20.1 Å². The van der Waals surface area contributed by atoms with E-state index in [9.17, 15) is 23.7 Å². The molecule has 0 fully saturated rings. The summed E-state index contributed by atoms with van der Waals surface area (Å²) in [5.41, 5.74) is 0.223. The van der Waals surface area contributed by atoms with Crippen molar-refractivity contribution < 1.29 is 28.0 Å². The molecule has 0 aliphatic rings. The second-order valence-corrected chi connectivity index (χ2v) is 4.94. The molecular weight excluding hydrogens is 352 g/mol. The maximum Gasteiger partial charge on any atom is 0.387 e. The summed E-state index contributed by atoms with van der Waals surface area (Å²) < 4.78 is 33.3. The molecule has 2 aromatic rings. The van der Waals surface area contributed by atoms with Crippen LogP contribution in [0.3, 0.4) is 0 Å². The van der Waals surface area contributed by atoms with Crippen LogP contribution in [0.2, 0.25) is 0 Å². The van der Waals surface area contributed by atoms with E-state index in [0.29, 0.717) is 11.4 Å². The molecule has 8 nitrogen and oxygen atoms in total.